The summed E-state index contributed by atoms with van der Waals surface area (Å²) in [6, 6.07) is 13.8. The predicted octanol–water partition coefficient (Wildman–Crippen LogP) is 6.94. The third-order valence-electron chi connectivity index (χ3n) is 6.87. The van der Waals surface area contributed by atoms with Gasteiger partial charge in [-0.05, 0) is 80.2 Å². The van der Waals surface area contributed by atoms with Gasteiger partial charge in [0.2, 0.25) is 0 Å². The molecule has 204 valence electrons. The van der Waals surface area contributed by atoms with Gasteiger partial charge < -0.3 is 20.1 Å². The summed E-state index contributed by atoms with van der Waals surface area (Å²) >= 11 is 3.53. The molecule has 0 unspecified atom stereocenters. The van der Waals surface area contributed by atoms with Gasteiger partial charge in [-0.3, -0.25) is 0 Å². The van der Waals surface area contributed by atoms with Crippen LogP contribution in [-0.2, 0) is 6.54 Å². The summed E-state index contributed by atoms with van der Waals surface area (Å²) in [5.41, 5.74) is 3.80. The minimum Gasteiger partial charge on any atom is -0.381 e. The van der Waals surface area contributed by atoms with Crippen LogP contribution in [0.5, 0.6) is 0 Å². The second-order valence-corrected chi connectivity index (χ2v) is 11.4. The number of anilines is 2. The summed E-state index contributed by atoms with van der Waals surface area (Å²) < 4.78 is 42.0. The SMILES string of the molecule is CSCCN1CCC(Nc2c(C)ccc3c2cc(C#CCNc2ccc(SC)cc2)n3CC(F)(F)F)CC1. The first-order valence-electron chi connectivity index (χ1n) is 12.8. The molecule has 1 fully saturated rings. The van der Waals surface area contributed by atoms with Crippen molar-refractivity contribution >= 4 is 45.8 Å². The third-order valence-corrected chi connectivity index (χ3v) is 8.20. The third kappa shape index (κ3) is 7.58. The Morgan fingerprint density at radius 2 is 1.79 bits per heavy atom. The Morgan fingerprint density at radius 1 is 1.05 bits per heavy atom. The zero-order chi connectivity index (χ0) is 27.1. The van der Waals surface area contributed by atoms with E-state index < -0.39 is 12.7 Å². The molecule has 0 atom stereocenters. The number of nitrogens with one attached hydrogen (secondary N) is 2. The molecule has 1 aliphatic rings. The van der Waals surface area contributed by atoms with Crippen LogP contribution in [0.1, 0.15) is 24.1 Å². The molecule has 0 amide bonds. The van der Waals surface area contributed by atoms with E-state index in [2.05, 4.69) is 33.6 Å². The number of alkyl halides is 3. The number of thioether (sulfide) groups is 2. The predicted molar refractivity (Wildman–Crippen MR) is 158 cm³/mol. The molecule has 1 saturated heterocycles. The Morgan fingerprint density at radius 3 is 2.45 bits per heavy atom. The second kappa shape index (κ2) is 13.1. The van der Waals surface area contributed by atoms with Gasteiger partial charge in [0, 0.05) is 53.1 Å². The Kier molecular flexibility index (Phi) is 9.85. The maximum absolute atomic E-state index is 13.6. The number of piperidine rings is 1. The van der Waals surface area contributed by atoms with Crippen LogP contribution in [-0.4, -0.2) is 66.1 Å². The lowest BCUT2D eigenvalue weighted by Gasteiger charge is -2.33. The van der Waals surface area contributed by atoms with Crippen molar-refractivity contribution in [1.82, 2.24) is 9.47 Å². The topological polar surface area (TPSA) is 32.2 Å². The highest BCUT2D eigenvalue weighted by atomic mass is 32.2. The van der Waals surface area contributed by atoms with E-state index in [0.29, 0.717) is 23.8 Å². The first-order chi connectivity index (χ1) is 18.3. The lowest BCUT2D eigenvalue weighted by Crippen LogP contribution is -2.40. The van der Waals surface area contributed by atoms with Crippen LogP contribution in [0.25, 0.3) is 10.9 Å². The highest BCUT2D eigenvalue weighted by Crippen LogP contribution is 2.33. The highest BCUT2D eigenvalue weighted by Gasteiger charge is 2.30. The van der Waals surface area contributed by atoms with Gasteiger partial charge in [-0.2, -0.15) is 24.9 Å². The van der Waals surface area contributed by atoms with E-state index in [1.807, 2.05) is 61.3 Å². The maximum atomic E-state index is 13.6. The molecule has 0 saturated carbocycles. The van der Waals surface area contributed by atoms with Gasteiger partial charge >= 0.3 is 6.18 Å². The second-order valence-electron chi connectivity index (χ2n) is 9.56. The van der Waals surface area contributed by atoms with Gasteiger partial charge in [-0.1, -0.05) is 12.0 Å². The van der Waals surface area contributed by atoms with Crippen molar-refractivity contribution in [3.05, 3.63) is 53.7 Å². The largest absolute Gasteiger partial charge is 0.406 e. The Hall–Kier alpha value is -2.41. The summed E-state index contributed by atoms with van der Waals surface area (Å²) in [4.78, 5) is 3.65. The van der Waals surface area contributed by atoms with Crippen molar-refractivity contribution in [3.8, 4) is 11.8 Å². The van der Waals surface area contributed by atoms with Gasteiger partial charge in [0.1, 0.15) is 6.54 Å². The summed E-state index contributed by atoms with van der Waals surface area (Å²) in [5, 5.41) is 7.70. The lowest BCUT2D eigenvalue weighted by atomic mass is 10.0. The quantitative estimate of drug-likeness (QED) is 0.219. The number of nitrogens with zero attached hydrogens (tertiary/aromatic N) is 2. The summed E-state index contributed by atoms with van der Waals surface area (Å²) in [7, 11) is 0. The molecule has 2 aromatic carbocycles. The number of hydrogen-bond acceptors (Lipinski definition) is 5. The normalized spacial score (nSPS) is 14.9. The molecule has 0 radical (unpaired) electrons. The van der Waals surface area contributed by atoms with Crippen molar-refractivity contribution in [2.24, 2.45) is 0 Å². The molecule has 2 heterocycles. The number of rotatable bonds is 9. The average Bonchev–Trinajstić information content (AvgIpc) is 3.24. The summed E-state index contributed by atoms with van der Waals surface area (Å²) in [5.74, 6) is 7.16. The van der Waals surface area contributed by atoms with Crippen molar-refractivity contribution in [2.75, 3.05) is 55.1 Å². The number of aryl methyl sites for hydroxylation is 1. The number of benzene rings is 2. The molecule has 0 aliphatic carbocycles. The Balaban J connectivity index is 1.55. The molecular formula is C29H35F3N4S2. The van der Waals surface area contributed by atoms with Crippen molar-refractivity contribution < 1.29 is 13.2 Å². The van der Waals surface area contributed by atoms with Crippen molar-refractivity contribution in [2.45, 2.75) is 43.4 Å². The maximum Gasteiger partial charge on any atom is 0.406 e. The van der Waals surface area contributed by atoms with Crippen LogP contribution < -0.4 is 10.6 Å². The minimum absolute atomic E-state index is 0.298. The molecule has 3 aromatic rings. The monoisotopic (exact) mass is 560 g/mol. The van der Waals surface area contributed by atoms with E-state index in [4.69, 9.17) is 0 Å². The molecule has 1 aliphatic heterocycles. The Bertz CT molecular complexity index is 1270. The standard InChI is InChI=1S/C29H35F3N4S2/c1-21-6-11-27-26(28(21)34-23-12-15-35(16-13-23)17-18-37-2)19-24(36(27)20-29(30,31)32)5-4-14-33-22-7-9-25(38-3)10-8-22/h6-11,19,23,33-34H,12-18,20H2,1-3H3. The van der Waals surface area contributed by atoms with E-state index in [1.165, 1.54) is 9.46 Å². The van der Waals surface area contributed by atoms with Crippen LogP contribution in [0.4, 0.5) is 24.5 Å². The van der Waals surface area contributed by atoms with Gasteiger partial charge in [0.15, 0.2) is 0 Å². The number of hydrogen-bond donors (Lipinski definition) is 2. The van der Waals surface area contributed by atoms with Crippen LogP contribution in [0, 0.1) is 18.8 Å². The van der Waals surface area contributed by atoms with Gasteiger partial charge in [0.25, 0.3) is 0 Å². The van der Waals surface area contributed by atoms with E-state index in [0.717, 1.165) is 60.6 Å². The van der Waals surface area contributed by atoms with Crippen LogP contribution in [0.15, 0.2) is 47.4 Å². The van der Waals surface area contributed by atoms with E-state index in [1.54, 1.807) is 17.8 Å². The van der Waals surface area contributed by atoms with Gasteiger partial charge in [0.05, 0.1) is 17.8 Å². The van der Waals surface area contributed by atoms with E-state index in [-0.39, 0.29) is 0 Å². The number of likely N-dealkylation sites (tertiary alicyclic amines) is 1. The zero-order valence-electron chi connectivity index (χ0n) is 22.1. The molecule has 1 aromatic heterocycles. The molecule has 9 heteroatoms. The van der Waals surface area contributed by atoms with Crippen LogP contribution >= 0.6 is 23.5 Å². The summed E-state index contributed by atoms with van der Waals surface area (Å²) in [6.07, 6.45) is 1.84. The highest BCUT2D eigenvalue weighted by molar-refractivity contribution is 7.98. The fourth-order valence-corrected chi connectivity index (χ4v) is 5.65. The molecular weight excluding hydrogens is 525 g/mol. The number of aromatic nitrogens is 1. The van der Waals surface area contributed by atoms with Gasteiger partial charge in [-0.25, -0.2) is 0 Å². The molecule has 0 bridgehead atoms. The molecule has 4 rings (SSSR count). The van der Waals surface area contributed by atoms with Crippen molar-refractivity contribution in [1.29, 1.82) is 0 Å². The van der Waals surface area contributed by atoms with Crippen LogP contribution in [0.2, 0.25) is 0 Å². The minimum atomic E-state index is -4.35. The average molecular weight is 561 g/mol. The molecule has 4 nitrogen and oxygen atoms in total. The van der Waals surface area contributed by atoms with E-state index >= 15 is 0 Å². The first-order valence-corrected chi connectivity index (χ1v) is 15.4. The fourth-order valence-electron chi connectivity index (χ4n) is 4.80. The zero-order valence-corrected chi connectivity index (χ0v) is 23.8. The molecule has 2 N–H and O–H groups in total. The Labute approximate surface area is 232 Å². The number of fused-ring (bicyclic) bond motifs is 1. The molecule has 0 spiro atoms. The summed E-state index contributed by atoms with van der Waals surface area (Å²) in [6.45, 7) is 4.45. The number of halogens is 3. The van der Waals surface area contributed by atoms with Gasteiger partial charge in [-0.15, -0.1) is 11.8 Å². The lowest BCUT2D eigenvalue weighted by molar-refractivity contribution is -0.140. The van der Waals surface area contributed by atoms with Crippen LogP contribution in [0.3, 0.4) is 0 Å². The smallest absolute Gasteiger partial charge is 0.381 e. The van der Waals surface area contributed by atoms with E-state index in [9.17, 15) is 13.2 Å². The fraction of sp³-hybridized carbons (Fsp3) is 0.448. The van der Waals surface area contributed by atoms with Crippen molar-refractivity contribution in [3.63, 3.8) is 0 Å². The first kappa shape index (κ1) is 28.6. The molecule has 38 heavy (non-hydrogen) atoms.